The second-order valence-electron chi connectivity index (χ2n) is 4.85. The highest BCUT2D eigenvalue weighted by atomic mass is 19.1. The first-order chi connectivity index (χ1) is 9.50. The summed E-state index contributed by atoms with van der Waals surface area (Å²) in [5, 5.41) is 13.7. The smallest absolute Gasteiger partial charge is 0.304 e. The zero-order valence-corrected chi connectivity index (χ0v) is 11.9. The minimum atomic E-state index is -0.792. The topological polar surface area (TPSA) is 64.4 Å². The predicted molar refractivity (Wildman–Crippen MR) is 75.1 cm³/mol. The normalized spacial score (nSPS) is 11.0. The van der Waals surface area contributed by atoms with Crippen molar-refractivity contribution in [2.24, 2.45) is 0 Å². The fraction of sp³-hybridized carbons (Fsp3) is 0.571. The Morgan fingerprint density at radius 3 is 2.75 bits per heavy atom. The highest BCUT2D eigenvalue weighted by molar-refractivity contribution is 5.34. The number of benzene rings is 1. The van der Waals surface area contributed by atoms with E-state index in [-0.39, 0.29) is 6.10 Å². The van der Waals surface area contributed by atoms with Crippen molar-refractivity contribution in [2.45, 2.75) is 39.3 Å². The van der Waals surface area contributed by atoms with E-state index in [4.69, 9.17) is 4.74 Å². The van der Waals surface area contributed by atoms with Crippen LogP contribution in [0, 0.1) is 15.9 Å². The highest BCUT2D eigenvalue weighted by Gasteiger charge is 2.13. The van der Waals surface area contributed by atoms with Gasteiger partial charge in [0, 0.05) is 19.2 Å². The Bertz CT molecular complexity index is 438. The lowest BCUT2D eigenvalue weighted by molar-refractivity contribution is -0.387. The quantitative estimate of drug-likeness (QED) is 0.430. The maximum Gasteiger partial charge on any atom is 0.304 e. The van der Waals surface area contributed by atoms with Gasteiger partial charge in [-0.15, -0.1) is 0 Å². The third kappa shape index (κ3) is 6.08. The third-order valence-corrected chi connectivity index (χ3v) is 2.74. The lowest BCUT2D eigenvalue weighted by Gasteiger charge is -2.08. The van der Waals surface area contributed by atoms with E-state index in [1.54, 1.807) is 6.07 Å². The minimum Gasteiger partial charge on any atom is -0.379 e. The molecule has 0 aliphatic heterocycles. The van der Waals surface area contributed by atoms with Gasteiger partial charge in [0.25, 0.3) is 0 Å². The first-order valence-corrected chi connectivity index (χ1v) is 6.76. The van der Waals surface area contributed by atoms with Crippen molar-refractivity contribution in [1.29, 1.82) is 0 Å². The molecule has 20 heavy (non-hydrogen) atoms. The molecule has 0 saturated carbocycles. The third-order valence-electron chi connectivity index (χ3n) is 2.74. The van der Waals surface area contributed by atoms with Gasteiger partial charge < -0.3 is 10.1 Å². The molecular weight excluding hydrogens is 263 g/mol. The van der Waals surface area contributed by atoms with E-state index < -0.39 is 16.4 Å². The SMILES string of the molecule is CC(C)OCCCCNCc1ccc([N+](=O)[O-])c(F)c1. The molecule has 0 radical (unpaired) electrons. The van der Waals surface area contributed by atoms with Crippen molar-refractivity contribution < 1.29 is 14.1 Å². The number of halogens is 1. The molecule has 0 spiro atoms. The molecule has 1 N–H and O–H groups in total. The van der Waals surface area contributed by atoms with Crippen LogP contribution in [-0.2, 0) is 11.3 Å². The number of unbranched alkanes of at least 4 members (excludes halogenated alkanes) is 1. The second-order valence-corrected chi connectivity index (χ2v) is 4.85. The molecule has 112 valence electrons. The van der Waals surface area contributed by atoms with Crippen LogP contribution in [0.3, 0.4) is 0 Å². The predicted octanol–water partition coefficient (Wildman–Crippen LogP) is 3.03. The molecule has 1 aromatic rings. The molecule has 1 aromatic carbocycles. The minimum absolute atomic E-state index is 0.256. The van der Waals surface area contributed by atoms with Gasteiger partial charge in [-0.05, 0) is 44.9 Å². The fourth-order valence-corrected chi connectivity index (χ4v) is 1.71. The van der Waals surface area contributed by atoms with Gasteiger partial charge >= 0.3 is 5.69 Å². The number of hydrogen-bond acceptors (Lipinski definition) is 4. The Kier molecular flexibility index (Phi) is 7.11. The van der Waals surface area contributed by atoms with Crippen molar-refractivity contribution >= 4 is 5.69 Å². The standard InChI is InChI=1S/C14H21FN2O3/c1-11(2)20-8-4-3-7-16-10-12-5-6-14(17(18)19)13(15)9-12/h5-6,9,11,16H,3-4,7-8,10H2,1-2H3. The lowest BCUT2D eigenvalue weighted by Crippen LogP contribution is -2.15. The van der Waals surface area contributed by atoms with E-state index >= 15 is 0 Å². The van der Waals surface area contributed by atoms with Crippen LogP contribution in [0.5, 0.6) is 0 Å². The van der Waals surface area contributed by atoms with Gasteiger partial charge in [0.2, 0.25) is 5.82 Å². The first kappa shape index (κ1) is 16.5. The molecule has 0 atom stereocenters. The Morgan fingerprint density at radius 1 is 1.40 bits per heavy atom. The molecule has 0 saturated heterocycles. The van der Waals surface area contributed by atoms with Crippen molar-refractivity contribution in [3.63, 3.8) is 0 Å². The summed E-state index contributed by atoms with van der Waals surface area (Å²) < 4.78 is 18.8. The average Bonchev–Trinajstić information content (AvgIpc) is 2.37. The van der Waals surface area contributed by atoms with Crippen LogP contribution < -0.4 is 5.32 Å². The van der Waals surface area contributed by atoms with Gasteiger partial charge in [0.15, 0.2) is 0 Å². The van der Waals surface area contributed by atoms with Gasteiger partial charge in [-0.25, -0.2) is 0 Å². The lowest BCUT2D eigenvalue weighted by atomic mass is 10.2. The molecular formula is C14H21FN2O3. The molecule has 0 aliphatic carbocycles. The number of nitro groups is 1. The Labute approximate surface area is 118 Å². The summed E-state index contributed by atoms with van der Waals surface area (Å²) in [5.41, 5.74) is 0.214. The molecule has 0 aliphatic rings. The molecule has 1 rings (SSSR count). The molecule has 0 fully saturated rings. The van der Waals surface area contributed by atoms with Crippen molar-refractivity contribution in [1.82, 2.24) is 5.32 Å². The first-order valence-electron chi connectivity index (χ1n) is 6.76. The van der Waals surface area contributed by atoms with Crippen LogP contribution in [0.4, 0.5) is 10.1 Å². The Balaban J connectivity index is 2.22. The van der Waals surface area contributed by atoms with Gasteiger partial charge in [0.1, 0.15) is 0 Å². The second kappa shape index (κ2) is 8.60. The van der Waals surface area contributed by atoms with Crippen molar-refractivity contribution in [3.05, 3.63) is 39.7 Å². The van der Waals surface area contributed by atoms with E-state index in [1.807, 2.05) is 13.8 Å². The van der Waals surface area contributed by atoms with Gasteiger partial charge in [0.05, 0.1) is 11.0 Å². The van der Waals surface area contributed by atoms with Crippen LogP contribution in [-0.4, -0.2) is 24.2 Å². The summed E-state index contributed by atoms with van der Waals surface area (Å²) in [6.45, 7) is 6.05. The summed E-state index contributed by atoms with van der Waals surface area (Å²) in [5.74, 6) is -0.792. The van der Waals surface area contributed by atoms with E-state index in [1.165, 1.54) is 12.1 Å². The number of hydrogen-bond donors (Lipinski definition) is 1. The average molecular weight is 284 g/mol. The van der Waals surface area contributed by atoms with Crippen LogP contribution in [0.25, 0.3) is 0 Å². The molecule has 6 heteroatoms. The number of nitro benzene ring substituents is 1. The van der Waals surface area contributed by atoms with Crippen LogP contribution in [0.2, 0.25) is 0 Å². The zero-order valence-electron chi connectivity index (χ0n) is 11.9. The van der Waals surface area contributed by atoms with Crippen molar-refractivity contribution in [2.75, 3.05) is 13.2 Å². The molecule has 0 heterocycles. The number of nitrogens with one attached hydrogen (secondary N) is 1. The maximum atomic E-state index is 13.4. The van der Waals surface area contributed by atoms with Gasteiger partial charge in [-0.1, -0.05) is 6.07 Å². The monoisotopic (exact) mass is 284 g/mol. The fourth-order valence-electron chi connectivity index (χ4n) is 1.71. The van der Waals surface area contributed by atoms with Crippen LogP contribution in [0.15, 0.2) is 18.2 Å². The van der Waals surface area contributed by atoms with Gasteiger partial charge in [-0.3, -0.25) is 10.1 Å². The molecule has 0 bridgehead atoms. The van der Waals surface area contributed by atoms with E-state index in [9.17, 15) is 14.5 Å². The summed E-state index contributed by atoms with van der Waals surface area (Å²) >= 11 is 0. The number of nitrogens with zero attached hydrogens (tertiary/aromatic N) is 1. The van der Waals surface area contributed by atoms with E-state index in [0.717, 1.165) is 26.0 Å². The Morgan fingerprint density at radius 2 is 2.15 bits per heavy atom. The number of rotatable bonds is 9. The summed E-state index contributed by atoms with van der Waals surface area (Å²) in [6, 6.07) is 3.96. The zero-order chi connectivity index (χ0) is 15.0. The Hall–Kier alpha value is -1.53. The van der Waals surface area contributed by atoms with Crippen LogP contribution in [0.1, 0.15) is 32.3 Å². The summed E-state index contributed by atoms with van der Waals surface area (Å²) in [4.78, 5) is 9.76. The largest absolute Gasteiger partial charge is 0.379 e. The molecule has 5 nitrogen and oxygen atoms in total. The van der Waals surface area contributed by atoms with E-state index in [0.29, 0.717) is 12.1 Å². The summed E-state index contributed by atoms with van der Waals surface area (Å²) in [6.07, 6.45) is 2.20. The number of ether oxygens (including phenoxy) is 1. The highest BCUT2D eigenvalue weighted by Crippen LogP contribution is 2.17. The van der Waals surface area contributed by atoms with Crippen molar-refractivity contribution in [3.8, 4) is 0 Å². The maximum absolute atomic E-state index is 13.4. The molecule has 0 unspecified atom stereocenters. The van der Waals surface area contributed by atoms with Crippen LogP contribution >= 0.6 is 0 Å². The van der Waals surface area contributed by atoms with E-state index in [2.05, 4.69) is 5.32 Å². The molecule has 0 amide bonds. The van der Waals surface area contributed by atoms with Gasteiger partial charge in [-0.2, -0.15) is 4.39 Å². The molecule has 0 aromatic heterocycles. The summed E-state index contributed by atoms with van der Waals surface area (Å²) in [7, 11) is 0.